The average molecular weight is 346 g/mol. The largest absolute Gasteiger partial charge is 0.456 e. The van der Waals surface area contributed by atoms with Crippen LogP contribution in [-0.4, -0.2) is 9.97 Å². The zero-order valence-electron chi connectivity index (χ0n) is 14.4. The number of fused-ring (bicyclic) bond motifs is 6. The molecule has 3 aromatic heterocycles. The van der Waals surface area contributed by atoms with Crippen molar-refractivity contribution < 1.29 is 4.42 Å². The number of hydrogen-bond donors (Lipinski definition) is 0. The molecule has 0 fully saturated rings. The van der Waals surface area contributed by atoms with Gasteiger partial charge in [-0.3, -0.25) is 4.98 Å². The van der Waals surface area contributed by atoms with E-state index in [-0.39, 0.29) is 0 Å². The third kappa shape index (κ3) is 2.09. The van der Waals surface area contributed by atoms with E-state index in [4.69, 9.17) is 9.40 Å². The summed E-state index contributed by atoms with van der Waals surface area (Å²) in [6.07, 6.45) is 1.79. The summed E-state index contributed by atoms with van der Waals surface area (Å²) < 4.78 is 6.00. The van der Waals surface area contributed by atoms with Gasteiger partial charge in [0.25, 0.3) is 0 Å². The summed E-state index contributed by atoms with van der Waals surface area (Å²) in [6.45, 7) is 0. The Labute approximate surface area is 154 Å². The zero-order chi connectivity index (χ0) is 17.8. The first-order chi connectivity index (χ1) is 13.4. The maximum atomic E-state index is 6.00. The van der Waals surface area contributed by atoms with Gasteiger partial charge in [0.15, 0.2) is 0 Å². The molecule has 3 nitrogen and oxygen atoms in total. The van der Waals surface area contributed by atoms with Crippen molar-refractivity contribution in [3.63, 3.8) is 0 Å². The molecule has 0 aliphatic carbocycles. The smallest absolute Gasteiger partial charge is 0.139 e. The lowest BCUT2D eigenvalue weighted by Gasteiger charge is -2.07. The van der Waals surface area contributed by atoms with Gasteiger partial charge in [0.05, 0.1) is 16.6 Å². The van der Waals surface area contributed by atoms with Gasteiger partial charge < -0.3 is 4.42 Å². The van der Waals surface area contributed by atoms with E-state index in [1.807, 2.05) is 30.3 Å². The number of hydrogen-bond acceptors (Lipinski definition) is 3. The van der Waals surface area contributed by atoms with E-state index in [0.717, 1.165) is 49.6 Å². The lowest BCUT2D eigenvalue weighted by Crippen LogP contribution is -1.90. The fraction of sp³-hybridized carbons (Fsp3) is 0. The monoisotopic (exact) mass is 346 g/mol. The Kier molecular flexibility index (Phi) is 2.88. The van der Waals surface area contributed by atoms with Crippen LogP contribution in [0.3, 0.4) is 0 Å². The van der Waals surface area contributed by atoms with E-state index in [1.54, 1.807) is 6.20 Å². The lowest BCUT2D eigenvalue weighted by atomic mass is 10.0. The van der Waals surface area contributed by atoms with Crippen LogP contribution in [0.25, 0.3) is 55.0 Å². The summed E-state index contributed by atoms with van der Waals surface area (Å²) >= 11 is 0. The fourth-order valence-corrected chi connectivity index (χ4v) is 3.85. The Morgan fingerprint density at radius 2 is 1.41 bits per heavy atom. The molecule has 0 N–H and O–H groups in total. The summed E-state index contributed by atoms with van der Waals surface area (Å²) in [5, 5.41) is 5.55. The fourth-order valence-electron chi connectivity index (χ4n) is 3.85. The lowest BCUT2D eigenvalue weighted by molar-refractivity contribution is 0.668. The molecule has 0 atom stereocenters. The van der Waals surface area contributed by atoms with Gasteiger partial charge in [-0.25, -0.2) is 4.98 Å². The maximum absolute atomic E-state index is 6.00. The van der Waals surface area contributed by atoms with E-state index >= 15 is 0 Å². The minimum absolute atomic E-state index is 0.834. The van der Waals surface area contributed by atoms with Crippen LogP contribution in [0.15, 0.2) is 89.5 Å². The first-order valence-electron chi connectivity index (χ1n) is 8.94. The van der Waals surface area contributed by atoms with E-state index in [1.165, 1.54) is 5.39 Å². The second-order valence-corrected chi connectivity index (χ2v) is 6.69. The summed E-state index contributed by atoms with van der Waals surface area (Å²) in [6, 6.07) is 26.7. The molecule has 0 aliphatic heterocycles. The van der Waals surface area contributed by atoms with Gasteiger partial charge in [0, 0.05) is 22.4 Å². The molecule has 0 radical (unpaired) electrons. The first-order valence-corrected chi connectivity index (χ1v) is 8.94. The summed E-state index contributed by atoms with van der Waals surface area (Å²) in [5.41, 5.74) is 4.41. The molecule has 3 heteroatoms. The minimum Gasteiger partial charge on any atom is -0.456 e. The van der Waals surface area contributed by atoms with Crippen LogP contribution < -0.4 is 0 Å². The highest BCUT2D eigenvalue weighted by Crippen LogP contribution is 2.35. The molecule has 0 saturated carbocycles. The van der Waals surface area contributed by atoms with Gasteiger partial charge in [-0.15, -0.1) is 0 Å². The molecule has 6 rings (SSSR count). The van der Waals surface area contributed by atoms with Crippen molar-refractivity contribution in [2.45, 2.75) is 0 Å². The Morgan fingerprint density at radius 1 is 0.630 bits per heavy atom. The van der Waals surface area contributed by atoms with Gasteiger partial charge >= 0.3 is 0 Å². The van der Waals surface area contributed by atoms with E-state index in [2.05, 4.69) is 53.5 Å². The molecule has 0 unspecified atom stereocenters. The van der Waals surface area contributed by atoms with Crippen LogP contribution >= 0.6 is 0 Å². The van der Waals surface area contributed by atoms with Crippen LogP contribution in [0.4, 0.5) is 0 Å². The van der Waals surface area contributed by atoms with E-state index < -0.39 is 0 Å². The van der Waals surface area contributed by atoms with Crippen molar-refractivity contribution in [1.82, 2.24) is 9.97 Å². The predicted molar refractivity (Wildman–Crippen MR) is 110 cm³/mol. The summed E-state index contributed by atoms with van der Waals surface area (Å²) in [7, 11) is 0. The molecule has 0 aliphatic rings. The Bertz CT molecular complexity index is 1480. The molecule has 3 heterocycles. The highest BCUT2D eigenvalue weighted by molar-refractivity contribution is 6.12. The number of para-hydroxylation sites is 1. The van der Waals surface area contributed by atoms with Crippen molar-refractivity contribution in [3.05, 3.63) is 85.1 Å². The van der Waals surface area contributed by atoms with Crippen molar-refractivity contribution in [2.75, 3.05) is 0 Å². The Balaban J connectivity index is 1.72. The molecule has 0 spiro atoms. The average Bonchev–Trinajstić information content (AvgIpc) is 3.12. The number of aromatic nitrogens is 2. The van der Waals surface area contributed by atoms with Crippen molar-refractivity contribution in [1.29, 1.82) is 0 Å². The topological polar surface area (TPSA) is 38.9 Å². The van der Waals surface area contributed by atoms with Crippen LogP contribution in [0.2, 0.25) is 0 Å². The number of nitrogens with zero attached hydrogens (tertiary/aromatic N) is 2. The molecule has 0 bridgehead atoms. The minimum atomic E-state index is 0.834. The molecular formula is C24H14N2O. The molecular weight excluding hydrogens is 332 g/mol. The molecule has 126 valence electrons. The highest BCUT2D eigenvalue weighted by Gasteiger charge is 2.15. The first kappa shape index (κ1) is 14.4. The zero-order valence-corrected chi connectivity index (χ0v) is 14.4. The van der Waals surface area contributed by atoms with E-state index in [0.29, 0.717) is 0 Å². The Hall–Kier alpha value is -3.72. The van der Waals surface area contributed by atoms with Gasteiger partial charge in [0.2, 0.25) is 0 Å². The number of pyridine rings is 2. The van der Waals surface area contributed by atoms with Crippen molar-refractivity contribution in [3.8, 4) is 11.4 Å². The second-order valence-electron chi connectivity index (χ2n) is 6.69. The molecule has 0 amide bonds. The quantitative estimate of drug-likeness (QED) is 0.326. The van der Waals surface area contributed by atoms with Crippen LogP contribution in [0, 0.1) is 0 Å². The van der Waals surface area contributed by atoms with Gasteiger partial charge in [-0.2, -0.15) is 0 Å². The maximum Gasteiger partial charge on any atom is 0.139 e. The summed E-state index contributed by atoms with van der Waals surface area (Å²) in [4.78, 5) is 9.67. The van der Waals surface area contributed by atoms with Gasteiger partial charge in [-0.1, -0.05) is 60.7 Å². The number of benzene rings is 3. The van der Waals surface area contributed by atoms with Gasteiger partial charge in [0.1, 0.15) is 16.9 Å². The third-order valence-corrected chi connectivity index (χ3v) is 5.12. The summed E-state index contributed by atoms with van der Waals surface area (Å²) in [5.74, 6) is 0. The standard InChI is InChI=1S/C24H14N2O/c1-2-6-17-15(5-1)9-10-16-11-12-19(26-23(16)17)24-22-18-7-3-4-8-20(18)27-21(22)13-14-25-24/h1-14H. The van der Waals surface area contributed by atoms with Crippen LogP contribution in [0.1, 0.15) is 0 Å². The van der Waals surface area contributed by atoms with Gasteiger partial charge in [-0.05, 0) is 23.6 Å². The van der Waals surface area contributed by atoms with Crippen molar-refractivity contribution >= 4 is 43.6 Å². The molecule has 0 saturated heterocycles. The molecule has 27 heavy (non-hydrogen) atoms. The van der Waals surface area contributed by atoms with Crippen molar-refractivity contribution in [2.24, 2.45) is 0 Å². The molecule has 3 aromatic carbocycles. The Morgan fingerprint density at radius 3 is 2.37 bits per heavy atom. The SMILES string of the molecule is c1ccc2c(c1)ccc1ccc(-c3nccc4oc5ccccc5c34)nc12. The predicted octanol–water partition coefficient (Wildman–Crippen LogP) is 6.35. The normalized spacial score (nSPS) is 11.7. The van der Waals surface area contributed by atoms with Crippen LogP contribution in [0.5, 0.6) is 0 Å². The highest BCUT2D eigenvalue weighted by atomic mass is 16.3. The second kappa shape index (κ2) is 5.39. The third-order valence-electron chi connectivity index (χ3n) is 5.12. The number of furan rings is 1. The van der Waals surface area contributed by atoms with E-state index in [9.17, 15) is 0 Å². The number of rotatable bonds is 1. The molecule has 6 aromatic rings. The van der Waals surface area contributed by atoms with Crippen LogP contribution in [-0.2, 0) is 0 Å².